The van der Waals surface area contributed by atoms with E-state index in [0.29, 0.717) is 0 Å². The van der Waals surface area contributed by atoms with E-state index in [0.717, 1.165) is 13.1 Å². The third-order valence-corrected chi connectivity index (χ3v) is 3.55. The van der Waals surface area contributed by atoms with Gasteiger partial charge in [0.25, 0.3) is 0 Å². The van der Waals surface area contributed by atoms with Gasteiger partial charge in [-0.3, -0.25) is 0 Å². The van der Waals surface area contributed by atoms with Crippen LogP contribution in [-0.4, -0.2) is 19.6 Å². The summed E-state index contributed by atoms with van der Waals surface area (Å²) in [5.74, 6) is 0. The van der Waals surface area contributed by atoms with Crippen LogP contribution in [0, 0.1) is 0 Å². The second kappa shape index (κ2) is 5.69. The van der Waals surface area contributed by atoms with E-state index >= 15 is 0 Å². The second-order valence-corrected chi connectivity index (χ2v) is 5.16. The molecule has 1 aromatic carbocycles. The van der Waals surface area contributed by atoms with Crippen molar-refractivity contribution in [1.82, 2.24) is 5.32 Å². The van der Waals surface area contributed by atoms with Gasteiger partial charge in [-0.05, 0) is 43.1 Å². The van der Waals surface area contributed by atoms with E-state index in [1.165, 1.54) is 41.7 Å². The van der Waals surface area contributed by atoms with Gasteiger partial charge in [0.2, 0.25) is 0 Å². The van der Waals surface area contributed by atoms with Gasteiger partial charge in [-0.15, -0.1) is 0 Å². The van der Waals surface area contributed by atoms with Crippen LogP contribution in [0.4, 0.5) is 5.69 Å². The second-order valence-electron chi connectivity index (χ2n) is 4.25. The fraction of sp³-hybridized carbons (Fsp3) is 0.538. The molecule has 1 saturated heterocycles. The van der Waals surface area contributed by atoms with Crippen molar-refractivity contribution < 1.29 is 0 Å². The largest absolute Gasteiger partial charge is 0.371 e. The van der Waals surface area contributed by atoms with E-state index in [4.69, 9.17) is 0 Å². The molecule has 0 bridgehead atoms. The molecule has 1 aromatic rings. The first-order valence-corrected chi connectivity index (χ1v) is 6.84. The van der Waals surface area contributed by atoms with Gasteiger partial charge in [-0.1, -0.05) is 22.9 Å². The van der Waals surface area contributed by atoms with Crippen molar-refractivity contribution >= 4 is 21.6 Å². The van der Waals surface area contributed by atoms with Crippen molar-refractivity contribution in [2.45, 2.75) is 26.3 Å². The molecule has 0 spiro atoms. The topological polar surface area (TPSA) is 15.3 Å². The van der Waals surface area contributed by atoms with Crippen molar-refractivity contribution in [1.29, 1.82) is 0 Å². The fourth-order valence-corrected chi connectivity index (χ4v) is 2.63. The molecule has 1 aliphatic heterocycles. The zero-order valence-corrected chi connectivity index (χ0v) is 11.4. The summed E-state index contributed by atoms with van der Waals surface area (Å²) in [4.78, 5) is 2.50. The molecule has 3 heteroatoms. The van der Waals surface area contributed by atoms with Crippen LogP contribution in [0.25, 0.3) is 0 Å². The molecule has 0 aliphatic carbocycles. The lowest BCUT2D eigenvalue weighted by Crippen LogP contribution is -2.21. The molecule has 0 unspecified atom stereocenters. The summed E-state index contributed by atoms with van der Waals surface area (Å²) in [5.41, 5.74) is 2.81. The molecule has 0 radical (unpaired) electrons. The Bertz CT molecular complexity index is 346. The Kier molecular flexibility index (Phi) is 4.24. The first-order chi connectivity index (χ1) is 7.81. The third kappa shape index (κ3) is 2.77. The van der Waals surface area contributed by atoms with Gasteiger partial charge in [0, 0.05) is 29.8 Å². The van der Waals surface area contributed by atoms with E-state index < -0.39 is 0 Å². The van der Waals surface area contributed by atoms with Crippen LogP contribution in [0.2, 0.25) is 0 Å². The summed E-state index contributed by atoms with van der Waals surface area (Å²) < 4.78 is 1.17. The van der Waals surface area contributed by atoms with E-state index in [1.807, 2.05) is 0 Å². The zero-order chi connectivity index (χ0) is 11.4. The minimum absolute atomic E-state index is 0.960. The number of hydrogen-bond donors (Lipinski definition) is 1. The quantitative estimate of drug-likeness (QED) is 0.913. The Morgan fingerprint density at radius 2 is 2.06 bits per heavy atom. The average Bonchev–Trinajstić information content (AvgIpc) is 2.80. The van der Waals surface area contributed by atoms with Gasteiger partial charge < -0.3 is 10.2 Å². The first-order valence-electron chi connectivity index (χ1n) is 6.05. The molecular formula is C13H19BrN2. The number of nitrogens with one attached hydrogen (secondary N) is 1. The number of anilines is 1. The minimum Gasteiger partial charge on any atom is -0.371 e. The maximum absolute atomic E-state index is 3.55. The normalized spacial score (nSPS) is 15.8. The maximum Gasteiger partial charge on any atom is 0.0412 e. The van der Waals surface area contributed by atoms with Crippen molar-refractivity contribution in [3.05, 3.63) is 28.2 Å². The smallest absolute Gasteiger partial charge is 0.0412 e. The van der Waals surface area contributed by atoms with Gasteiger partial charge in [0.1, 0.15) is 0 Å². The number of halogens is 1. The predicted octanol–water partition coefficient (Wildman–Crippen LogP) is 3.16. The molecule has 0 aromatic heterocycles. The van der Waals surface area contributed by atoms with Gasteiger partial charge >= 0.3 is 0 Å². The highest BCUT2D eigenvalue weighted by Crippen LogP contribution is 2.27. The predicted molar refractivity (Wildman–Crippen MR) is 73.0 cm³/mol. The molecule has 1 N–H and O–H groups in total. The molecule has 0 atom stereocenters. The van der Waals surface area contributed by atoms with E-state index in [2.05, 4.69) is 51.3 Å². The third-order valence-electron chi connectivity index (χ3n) is 3.05. The van der Waals surface area contributed by atoms with Gasteiger partial charge in [0.15, 0.2) is 0 Å². The van der Waals surface area contributed by atoms with Crippen LogP contribution < -0.4 is 10.2 Å². The number of hydrogen-bond acceptors (Lipinski definition) is 2. The van der Waals surface area contributed by atoms with Gasteiger partial charge in [-0.25, -0.2) is 0 Å². The molecule has 0 amide bonds. The summed E-state index contributed by atoms with van der Waals surface area (Å²) >= 11 is 3.55. The van der Waals surface area contributed by atoms with Crippen molar-refractivity contribution in [2.24, 2.45) is 0 Å². The Labute approximate surface area is 106 Å². The van der Waals surface area contributed by atoms with E-state index in [-0.39, 0.29) is 0 Å². The average molecular weight is 283 g/mol. The Hall–Kier alpha value is -0.540. The molecule has 1 aliphatic rings. The zero-order valence-electron chi connectivity index (χ0n) is 9.80. The van der Waals surface area contributed by atoms with Crippen LogP contribution in [0.5, 0.6) is 0 Å². The number of rotatable bonds is 4. The highest BCUT2D eigenvalue weighted by atomic mass is 79.9. The van der Waals surface area contributed by atoms with Crippen molar-refractivity contribution in [3.63, 3.8) is 0 Å². The molecule has 2 nitrogen and oxygen atoms in total. The molecule has 88 valence electrons. The summed E-state index contributed by atoms with van der Waals surface area (Å²) in [6.07, 6.45) is 2.66. The van der Waals surface area contributed by atoms with Crippen molar-refractivity contribution in [2.75, 3.05) is 24.5 Å². The summed E-state index contributed by atoms with van der Waals surface area (Å²) in [7, 11) is 0. The van der Waals surface area contributed by atoms with Crippen LogP contribution in [0.15, 0.2) is 22.7 Å². The molecule has 16 heavy (non-hydrogen) atoms. The monoisotopic (exact) mass is 282 g/mol. The number of benzene rings is 1. The maximum atomic E-state index is 3.55. The Balaban J connectivity index is 2.20. The van der Waals surface area contributed by atoms with Crippen LogP contribution >= 0.6 is 15.9 Å². The lowest BCUT2D eigenvalue weighted by atomic mass is 10.1. The van der Waals surface area contributed by atoms with E-state index in [1.54, 1.807) is 0 Å². The molecule has 1 heterocycles. The van der Waals surface area contributed by atoms with Crippen LogP contribution in [0.3, 0.4) is 0 Å². The Morgan fingerprint density at radius 3 is 2.75 bits per heavy atom. The Morgan fingerprint density at radius 1 is 1.31 bits per heavy atom. The minimum atomic E-state index is 0.960. The lowest BCUT2D eigenvalue weighted by molar-refractivity contribution is 0.723. The standard InChI is InChI=1S/C13H19BrN2/c1-2-15-10-11-9-12(14)5-6-13(11)16-7-3-4-8-16/h5-6,9,15H,2-4,7-8,10H2,1H3. The van der Waals surface area contributed by atoms with Gasteiger partial charge in [-0.2, -0.15) is 0 Å². The van der Waals surface area contributed by atoms with E-state index in [9.17, 15) is 0 Å². The summed E-state index contributed by atoms with van der Waals surface area (Å²) in [6, 6.07) is 6.61. The first kappa shape index (κ1) is 11.9. The van der Waals surface area contributed by atoms with Crippen LogP contribution in [-0.2, 0) is 6.54 Å². The molecule has 0 saturated carbocycles. The molecule has 1 fully saturated rings. The van der Waals surface area contributed by atoms with Crippen LogP contribution in [0.1, 0.15) is 25.3 Å². The summed E-state index contributed by atoms with van der Waals surface area (Å²) in [5, 5.41) is 3.41. The van der Waals surface area contributed by atoms with Gasteiger partial charge in [0.05, 0.1) is 0 Å². The highest BCUT2D eigenvalue weighted by molar-refractivity contribution is 9.10. The fourth-order valence-electron chi connectivity index (χ4n) is 2.22. The molecular weight excluding hydrogens is 264 g/mol. The SMILES string of the molecule is CCNCc1cc(Br)ccc1N1CCCC1. The summed E-state index contributed by atoms with van der Waals surface area (Å²) in [6.45, 7) is 6.54. The highest BCUT2D eigenvalue weighted by Gasteiger charge is 2.15. The molecule has 2 rings (SSSR count). The lowest BCUT2D eigenvalue weighted by Gasteiger charge is -2.21. The number of nitrogens with zero attached hydrogens (tertiary/aromatic N) is 1. The van der Waals surface area contributed by atoms with Crippen molar-refractivity contribution in [3.8, 4) is 0 Å².